The first-order chi connectivity index (χ1) is 8.66. The maximum atomic E-state index is 12.1. The van der Waals surface area contributed by atoms with Gasteiger partial charge in [-0.3, -0.25) is 15.0 Å². The second kappa shape index (κ2) is 6.50. The fraction of sp³-hybridized carbons (Fsp3) is 0.923. The molecule has 1 amide bonds. The highest BCUT2D eigenvalue weighted by Crippen LogP contribution is 2.12. The molecule has 0 bridgehead atoms. The summed E-state index contributed by atoms with van der Waals surface area (Å²) in [5.41, 5.74) is 0. The minimum Gasteiger partial charge on any atom is -0.379 e. The van der Waals surface area contributed by atoms with Gasteiger partial charge in [-0.1, -0.05) is 13.8 Å². The van der Waals surface area contributed by atoms with Crippen LogP contribution in [-0.4, -0.2) is 67.8 Å². The Kier molecular flexibility index (Phi) is 4.97. The summed E-state index contributed by atoms with van der Waals surface area (Å²) >= 11 is 0. The van der Waals surface area contributed by atoms with Crippen molar-refractivity contribution < 1.29 is 9.53 Å². The van der Waals surface area contributed by atoms with Crippen LogP contribution in [0, 0.1) is 5.92 Å². The number of amides is 1. The minimum atomic E-state index is 0.0367. The van der Waals surface area contributed by atoms with Gasteiger partial charge in [0.15, 0.2) is 0 Å². The molecule has 2 aliphatic heterocycles. The second-order valence-electron chi connectivity index (χ2n) is 5.60. The summed E-state index contributed by atoms with van der Waals surface area (Å²) in [6.07, 6.45) is 0.937. The van der Waals surface area contributed by atoms with Gasteiger partial charge in [-0.25, -0.2) is 0 Å². The van der Waals surface area contributed by atoms with E-state index in [9.17, 15) is 4.79 Å². The molecule has 0 aromatic carbocycles. The monoisotopic (exact) mass is 255 g/mol. The summed E-state index contributed by atoms with van der Waals surface area (Å²) in [4.78, 5) is 16.4. The summed E-state index contributed by atoms with van der Waals surface area (Å²) in [6.45, 7) is 10.4. The molecule has 2 rings (SSSR count). The SMILES string of the molecule is CC(C)CC1NCN(CCN2CCOCC2)C1=O. The Morgan fingerprint density at radius 1 is 1.33 bits per heavy atom. The van der Waals surface area contributed by atoms with Crippen molar-refractivity contribution in [3.63, 3.8) is 0 Å². The third-order valence-corrected chi connectivity index (χ3v) is 3.64. The first-order valence-electron chi connectivity index (χ1n) is 6.99. The highest BCUT2D eigenvalue weighted by molar-refractivity contribution is 5.83. The highest BCUT2D eigenvalue weighted by Gasteiger charge is 2.31. The van der Waals surface area contributed by atoms with E-state index in [0.717, 1.165) is 45.8 Å². The Bertz CT molecular complexity index is 277. The fourth-order valence-corrected chi connectivity index (χ4v) is 2.54. The molecule has 2 fully saturated rings. The largest absolute Gasteiger partial charge is 0.379 e. The Morgan fingerprint density at radius 3 is 2.72 bits per heavy atom. The van der Waals surface area contributed by atoms with Gasteiger partial charge >= 0.3 is 0 Å². The molecule has 1 unspecified atom stereocenters. The summed E-state index contributed by atoms with van der Waals surface area (Å²) in [7, 11) is 0. The van der Waals surface area contributed by atoms with Crippen LogP contribution in [0.1, 0.15) is 20.3 Å². The number of ether oxygens (including phenoxy) is 1. The molecule has 18 heavy (non-hydrogen) atoms. The van der Waals surface area contributed by atoms with E-state index in [-0.39, 0.29) is 11.9 Å². The molecule has 0 aliphatic carbocycles. The Balaban J connectivity index is 1.72. The fourth-order valence-electron chi connectivity index (χ4n) is 2.54. The van der Waals surface area contributed by atoms with Crippen molar-refractivity contribution in [1.82, 2.24) is 15.1 Å². The molecular formula is C13H25N3O2. The number of rotatable bonds is 5. The number of hydrogen-bond acceptors (Lipinski definition) is 4. The number of morpholine rings is 1. The molecule has 0 radical (unpaired) electrons. The summed E-state index contributed by atoms with van der Waals surface area (Å²) in [5.74, 6) is 0.836. The van der Waals surface area contributed by atoms with Crippen LogP contribution in [0.25, 0.3) is 0 Å². The van der Waals surface area contributed by atoms with E-state index in [1.165, 1.54) is 0 Å². The van der Waals surface area contributed by atoms with Gasteiger partial charge in [-0.15, -0.1) is 0 Å². The summed E-state index contributed by atoms with van der Waals surface area (Å²) in [6, 6.07) is 0.0367. The molecule has 0 spiro atoms. The Morgan fingerprint density at radius 2 is 2.06 bits per heavy atom. The van der Waals surface area contributed by atoms with E-state index in [1.807, 2.05) is 4.90 Å². The van der Waals surface area contributed by atoms with E-state index in [2.05, 4.69) is 24.1 Å². The van der Waals surface area contributed by atoms with Crippen LogP contribution >= 0.6 is 0 Å². The van der Waals surface area contributed by atoms with Gasteiger partial charge < -0.3 is 9.64 Å². The molecule has 2 aliphatic rings. The number of nitrogens with zero attached hydrogens (tertiary/aromatic N) is 2. The second-order valence-corrected chi connectivity index (χ2v) is 5.60. The van der Waals surface area contributed by atoms with Crippen LogP contribution in [0.5, 0.6) is 0 Å². The summed E-state index contributed by atoms with van der Waals surface area (Å²) < 4.78 is 5.32. The molecule has 0 aromatic rings. The molecule has 2 saturated heterocycles. The number of carbonyl (C=O) groups is 1. The van der Waals surface area contributed by atoms with Crippen molar-refractivity contribution in [3.05, 3.63) is 0 Å². The quantitative estimate of drug-likeness (QED) is 0.758. The number of carbonyl (C=O) groups excluding carboxylic acids is 1. The lowest BCUT2D eigenvalue weighted by Crippen LogP contribution is -2.42. The highest BCUT2D eigenvalue weighted by atomic mass is 16.5. The zero-order valence-corrected chi connectivity index (χ0v) is 11.5. The maximum Gasteiger partial charge on any atom is 0.240 e. The first kappa shape index (κ1) is 13.8. The van der Waals surface area contributed by atoms with Crippen molar-refractivity contribution >= 4 is 5.91 Å². The lowest BCUT2D eigenvalue weighted by atomic mass is 10.0. The van der Waals surface area contributed by atoms with Gasteiger partial charge in [0.25, 0.3) is 0 Å². The minimum absolute atomic E-state index is 0.0367. The van der Waals surface area contributed by atoms with Crippen LogP contribution < -0.4 is 5.32 Å². The molecule has 1 atom stereocenters. The number of hydrogen-bond donors (Lipinski definition) is 1. The maximum absolute atomic E-state index is 12.1. The average molecular weight is 255 g/mol. The van der Waals surface area contributed by atoms with Crippen molar-refractivity contribution in [2.45, 2.75) is 26.3 Å². The molecule has 0 saturated carbocycles. The van der Waals surface area contributed by atoms with E-state index in [0.29, 0.717) is 12.6 Å². The van der Waals surface area contributed by atoms with E-state index in [4.69, 9.17) is 4.74 Å². The van der Waals surface area contributed by atoms with E-state index in [1.54, 1.807) is 0 Å². The molecule has 1 N–H and O–H groups in total. The lowest BCUT2D eigenvalue weighted by Gasteiger charge is -2.28. The van der Waals surface area contributed by atoms with Gasteiger partial charge in [0.2, 0.25) is 5.91 Å². The standard InChI is InChI=1S/C13H25N3O2/c1-11(2)9-12-13(17)16(10-14-12)4-3-15-5-7-18-8-6-15/h11-12,14H,3-10H2,1-2H3. The van der Waals surface area contributed by atoms with Gasteiger partial charge in [0.1, 0.15) is 0 Å². The lowest BCUT2D eigenvalue weighted by molar-refractivity contribution is -0.129. The van der Waals surface area contributed by atoms with E-state index < -0.39 is 0 Å². The van der Waals surface area contributed by atoms with Crippen LogP contribution in [0.3, 0.4) is 0 Å². The van der Waals surface area contributed by atoms with Gasteiger partial charge in [-0.05, 0) is 12.3 Å². The molecule has 104 valence electrons. The zero-order chi connectivity index (χ0) is 13.0. The van der Waals surface area contributed by atoms with Crippen LogP contribution in [-0.2, 0) is 9.53 Å². The third kappa shape index (κ3) is 3.67. The molecule has 0 aromatic heterocycles. The smallest absolute Gasteiger partial charge is 0.240 e. The zero-order valence-electron chi connectivity index (χ0n) is 11.5. The summed E-state index contributed by atoms with van der Waals surface area (Å²) in [5, 5.41) is 3.31. The third-order valence-electron chi connectivity index (χ3n) is 3.64. The van der Waals surface area contributed by atoms with Gasteiger partial charge in [0, 0.05) is 26.2 Å². The van der Waals surface area contributed by atoms with Crippen LogP contribution in [0.4, 0.5) is 0 Å². The Hall–Kier alpha value is -0.650. The Labute approximate surface area is 109 Å². The van der Waals surface area contributed by atoms with Crippen LogP contribution in [0.2, 0.25) is 0 Å². The topological polar surface area (TPSA) is 44.8 Å². The van der Waals surface area contributed by atoms with Crippen molar-refractivity contribution in [2.24, 2.45) is 5.92 Å². The molecular weight excluding hydrogens is 230 g/mol. The van der Waals surface area contributed by atoms with Crippen molar-refractivity contribution in [1.29, 1.82) is 0 Å². The molecule has 2 heterocycles. The van der Waals surface area contributed by atoms with Crippen molar-refractivity contribution in [2.75, 3.05) is 46.1 Å². The van der Waals surface area contributed by atoms with Crippen molar-refractivity contribution in [3.8, 4) is 0 Å². The van der Waals surface area contributed by atoms with Crippen LogP contribution in [0.15, 0.2) is 0 Å². The predicted molar refractivity (Wildman–Crippen MR) is 70.2 cm³/mol. The van der Waals surface area contributed by atoms with E-state index >= 15 is 0 Å². The number of nitrogens with one attached hydrogen (secondary N) is 1. The predicted octanol–water partition coefficient (Wildman–Crippen LogP) is 0.123. The molecule has 5 nitrogen and oxygen atoms in total. The normalized spacial score (nSPS) is 26.3. The average Bonchev–Trinajstić information content (AvgIpc) is 2.69. The van der Waals surface area contributed by atoms with Gasteiger partial charge in [-0.2, -0.15) is 0 Å². The van der Waals surface area contributed by atoms with Gasteiger partial charge in [0.05, 0.1) is 25.9 Å². The molecule has 5 heteroatoms. The first-order valence-corrected chi connectivity index (χ1v) is 6.99.